The molecule has 3 nitrogen and oxygen atoms in total. The summed E-state index contributed by atoms with van der Waals surface area (Å²) < 4.78 is 24.7. The van der Waals surface area contributed by atoms with Crippen LogP contribution in [-0.2, 0) is 9.84 Å². The Morgan fingerprint density at radius 1 is 1.00 bits per heavy atom. The Hall–Kier alpha value is -1.81. The van der Waals surface area contributed by atoms with Gasteiger partial charge in [-0.3, -0.25) is 0 Å². The van der Waals surface area contributed by atoms with Gasteiger partial charge >= 0.3 is 0 Å². The van der Waals surface area contributed by atoms with Crippen molar-refractivity contribution >= 4 is 15.5 Å². The van der Waals surface area contributed by atoms with Crippen LogP contribution in [0, 0.1) is 0 Å². The Morgan fingerprint density at radius 3 is 2.29 bits per heavy atom. The van der Waals surface area contributed by atoms with E-state index in [2.05, 4.69) is 5.32 Å². The van der Waals surface area contributed by atoms with E-state index in [1.807, 2.05) is 56.3 Å². The van der Waals surface area contributed by atoms with Crippen molar-refractivity contribution in [3.8, 4) is 0 Å². The Labute approximate surface area is 126 Å². The second-order valence-electron chi connectivity index (χ2n) is 5.09. The highest BCUT2D eigenvalue weighted by Crippen LogP contribution is 2.26. The zero-order valence-corrected chi connectivity index (χ0v) is 13.2. The van der Waals surface area contributed by atoms with Crippen molar-refractivity contribution in [2.75, 3.05) is 11.1 Å². The number of hydrogen-bond donors (Lipinski definition) is 1. The van der Waals surface area contributed by atoms with E-state index in [9.17, 15) is 8.42 Å². The van der Waals surface area contributed by atoms with E-state index < -0.39 is 9.84 Å². The lowest BCUT2D eigenvalue weighted by Gasteiger charge is -2.18. The standard InChI is InChI=1S/C17H21NO2S/c1-3-13-21(19,20)17-12-8-7-11-16(17)18-14(2)15-9-5-4-6-10-15/h4-12,14,18H,3,13H2,1-2H3. The van der Waals surface area contributed by atoms with Crippen LogP contribution < -0.4 is 5.32 Å². The van der Waals surface area contributed by atoms with E-state index in [-0.39, 0.29) is 11.8 Å². The lowest BCUT2D eigenvalue weighted by Crippen LogP contribution is -2.12. The molecule has 112 valence electrons. The first-order valence-corrected chi connectivity index (χ1v) is 8.83. The number of sulfone groups is 1. The molecule has 1 atom stereocenters. The maximum Gasteiger partial charge on any atom is 0.180 e. The van der Waals surface area contributed by atoms with Crippen LogP contribution in [0.3, 0.4) is 0 Å². The first-order chi connectivity index (χ1) is 10.0. The molecule has 0 fully saturated rings. The van der Waals surface area contributed by atoms with Crippen LogP contribution in [0.25, 0.3) is 0 Å². The maximum atomic E-state index is 12.3. The van der Waals surface area contributed by atoms with Gasteiger partial charge in [-0.15, -0.1) is 0 Å². The number of nitrogens with one attached hydrogen (secondary N) is 1. The summed E-state index contributed by atoms with van der Waals surface area (Å²) in [5, 5.41) is 3.31. The summed E-state index contributed by atoms with van der Waals surface area (Å²) in [6.07, 6.45) is 0.616. The quantitative estimate of drug-likeness (QED) is 0.876. The fourth-order valence-corrected chi connectivity index (χ4v) is 3.80. The molecule has 0 aromatic heterocycles. The molecule has 1 N–H and O–H groups in total. The van der Waals surface area contributed by atoms with Gasteiger partial charge in [0.1, 0.15) is 0 Å². The Morgan fingerprint density at radius 2 is 1.62 bits per heavy atom. The van der Waals surface area contributed by atoms with Gasteiger partial charge in [0.25, 0.3) is 0 Å². The second kappa shape index (κ2) is 6.76. The van der Waals surface area contributed by atoms with Gasteiger partial charge in [-0.05, 0) is 31.0 Å². The Kier molecular flexibility index (Phi) is 5.02. The Bertz CT molecular complexity index is 681. The number of anilines is 1. The molecule has 1 unspecified atom stereocenters. The van der Waals surface area contributed by atoms with Crippen LogP contribution in [0.5, 0.6) is 0 Å². The molecular formula is C17H21NO2S. The molecule has 0 aliphatic heterocycles. The number of hydrogen-bond acceptors (Lipinski definition) is 3. The summed E-state index contributed by atoms with van der Waals surface area (Å²) in [7, 11) is -3.23. The molecule has 0 aliphatic rings. The first-order valence-electron chi connectivity index (χ1n) is 7.18. The summed E-state index contributed by atoms with van der Waals surface area (Å²) >= 11 is 0. The topological polar surface area (TPSA) is 46.2 Å². The van der Waals surface area contributed by atoms with Crippen molar-refractivity contribution in [1.29, 1.82) is 0 Å². The largest absolute Gasteiger partial charge is 0.377 e. The van der Waals surface area contributed by atoms with Crippen LogP contribution in [-0.4, -0.2) is 14.2 Å². The molecule has 0 heterocycles. The lowest BCUT2D eigenvalue weighted by molar-refractivity contribution is 0.595. The highest BCUT2D eigenvalue weighted by molar-refractivity contribution is 7.91. The van der Waals surface area contributed by atoms with E-state index in [0.29, 0.717) is 17.0 Å². The maximum absolute atomic E-state index is 12.3. The van der Waals surface area contributed by atoms with E-state index >= 15 is 0 Å². The smallest absolute Gasteiger partial charge is 0.180 e. The zero-order valence-electron chi connectivity index (χ0n) is 12.4. The molecule has 0 saturated carbocycles. The molecule has 2 rings (SSSR count). The van der Waals surface area contributed by atoms with Gasteiger partial charge in [0, 0.05) is 6.04 Å². The van der Waals surface area contributed by atoms with Gasteiger partial charge in [0.15, 0.2) is 9.84 Å². The average Bonchev–Trinajstić information content (AvgIpc) is 2.48. The van der Waals surface area contributed by atoms with Gasteiger partial charge in [0.2, 0.25) is 0 Å². The summed E-state index contributed by atoms with van der Waals surface area (Å²) in [5.74, 6) is 0.172. The minimum absolute atomic E-state index is 0.0455. The zero-order chi connectivity index (χ0) is 15.3. The molecular weight excluding hydrogens is 282 g/mol. The summed E-state index contributed by atoms with van der Waals surface area (Å²) in [6, 6.07) is 17.1. The SMILES string of the molecule is CCCS(=O)(=O)c1ccccc1NC(C)c1ccccc1. The molecule has 0 amide bonds. The number of rotatable bonds is 6. The minimum atomic E-state index is -3.23. The number of benzene rings is 2. The summed E-state index contributed by atoms with van der Waals surface area (Å²) in [6.45, 7) is 3.90. The van der Waals surface area contributed by atoms with Crippen LogP contribution in [0.2, 0.25) is 0 Å². The van der Waals surface area contributed by atoms with Crippen LogP contribution >= 0.6 is 0 Å². The van der Waals surface area contributed by atoms with Crippen molar-refractivity contribution in [2.24, 2.45) is 0 Å². The third-order valence-corrected chi connectivity index (χ3v) is 5.34. The first kappa shape index (κ1) is 15.6. The fraction of sp³-hybridized carbons (Fsp3) is 0.294. The molecule has 0 saturated heterocycles. The molecule has 4 heteroatoms. The fourth-order valence-electron chi connectivity index (χ4n) is 2.29. The minimum Gasteiger partial charge on any atom is -0.377 e. The number of para-hydroxylation sites is 1. The molecule has 0 bridgehead atoms. The highest BCUT2D eigenvalue weighted by atomic mass is 32.2. The van der Waals surface area contributed by atoms with Crippen molar-refractivity contribution in [1.82, 2.24) is 0 Å². The molecule has 21 heavy (non-hydrogen) atoms. The van der Waals surface area contributed by atoms with Crippen molar-refractivity contribution in [3.63, 3.8) is 0 Å². The summed E-state index contributed by atoms with van der Waals surface area (Å²) in [4.78, 5) is 0.384. The van der Waals surface area contributed by atoms with Crippen LogP contribution in [0.1, 0.15) is 31.9 Å². The predicted molar refractivity (Wildman–Crippen MR) is 87.3 cm³/mol. The van der Waals surface area contributed by atoms with Gasteiger partial charge in [-0.1, -0.05) is 49.4 Å². The second-order valence-corrected chi connectivity index (χ2v) is 7.17. The van der Waals surface area contributed by atoms with Crippen molar-refractivity contribution in [2.45, 2.75) is 31.2 Å². The van der Waals surface area contributed by atoms with Crippen LogP contribution in [0.15, 0.2) is 59.5 Å². The van der Waals surface area contributed by atoms with E-state index in [0.717, 1.165) is 5.56 Å². The summed E-state index contributed by atoms with van der Waals surface area (Å²) in [5.41, 5.74) is 1.79. The van der Waals surface area contributed by atoms with Gasteiger partial charge in [-0.2, -0.15) is 0 Å². The van der Waals surface area contributed by atoms with E-state index in [1.165, 1.54) is 0 Å². The highest BCUT2D eigenvalue weighted by Gasteiger charge is 2.18. The average molecular weight is 303 g/mol. The van der Waals surface area contributed by atoms with Gasteiger partial charge in [0.05, 0.1) is 16.3 Å². The normalized spacial score (nSPS) is 12.9. The lowest BCUT2D eigenvalue weighted by atomic mass is 10.1. The molecule has 0 spiro atoms. The molecule has 0 radical (unpaired) electrons. The van der Waals surface area contributed by atoms with Crippen molar-refractivity contribution in [3.05, 3.63) is 60.2 Å². The van der Waals surface area contributed by atoms with Gasteiger partial charge in [-0.25, -0.2) is 8.42 Å². The van der Waals surface area contributed by atoms with E-state index in [4.69, 9.17) is 0 Å². The third kappa shape index (κ3) is 3.85. The monoisotopic (exact) mass is 303 g/mol. The molecule has 2 aromatic rings. The van der Waals surface area contributed by atoms with Crippen molar-refractivity contribution < 1.29 is 8.42 Å². The predicted octanol–water partition coefficient (Wildman–Crippen LogP) is 4.04. The Balaban J connectivity index is 2.29. The van der Waals surface area contributed by atoms with Gasteiger partial charge < -0.3 is 5.32 Å². The molecule has 0 aliphatic carbocycles. The molecule has 2 aromatic carbocycles. The van der Waals surface area contributed by atoms with Crippen LogP contribution in [0.4, 0.5) is 5.69 Å². The third-order valence-electron chi connectivity index (χ3n) is 3.37. The van der Waals surface area contributed by atoms with E-state index in [1.54, 1.807) is 12.1 Å².